The van der Waals surface area contributed by atoms with Crippen LogP contribution in [0.25, 0.3) is 0 Å². The fourth-order valence-corrected chi connectivity index (χ4v) is 1.02. The molecule has 0 aromatic heterocycles. The van der Waals surface area contributed by atoms with Gasteiger partial charge in [-0.25, -0.2) is 4.99 Å². The Morgan fingerprint density at radius 1 is 1.78 bits per heavy atom. The lowest BCUT2D eigenvalue weighted by Gasteiger charge is -1.88. The highest BCUT2D eigenvalue weighted by Crippen LogP contribution is 1.83. The molecule has 0 bridgehead atoms. The van der Waals surface area contributed by atoms with Gasteiger partial charge in [0.2, 0.25) is 0 Å². The third-order valence-electron chi connectivity index (χ3n) is 0.766. The number of hydrogen-bond acceptors (Lipinski definition) is 3. The van der Waals surface area contributed by atoms with Crippen LogP contribution in [-0.4, -0.2) is 27.9 Å². The molecule has 0 aliphatic carbocycles. The molecule has 2 nitrogen and oxygen atoms in total. The second kappa shape index (κ2) is 6.08. The molecule has 0 spiro atoms. The van der Waals surface area contributed by atoms with Gasteiger partial charge >= 0.3 is 0 Å². The summed E-state index contributed by atoms with van der Waals surface area (Å²) in [6, 6.07) is 0. The van der Waals surface area contributed by atoms with Crippen molar-refractivity contribution in [1.29, 1.82) is 0 Å². The number of thiocarbonyl (C=S) groups is 1. The molecule has 0 unspecified atom stereocenters. The Labute approximate surface area is 62.8 Å². The fraction of sp³-hybridized carbons (Fsp3) is 0.800. The lowest BCUT2D eigenvalue weighted by atomic mass is 10.5. The highest BCUT2D eigenvalue weighted by molar-refractivity contribution is 7.84. The molecule has 0 aliphatic rings. The van der Waals surface area contributed by atoms with Crippen LogP contribution < -0.4 is 0 Å². The molecule has 4 heteroatoms. The standard InChI is InChI=1S/C5H9NOS2/c1-9(7)4-2-3-6-5-8/h2-4H2,1H3/t9-/m1/s1. The minimum atomic E-state index is -0.691. The molecule has 0 heterocycles. The monoisotopic (exact) mass is 163 g/mol. The largest absolute Gasteiger partial charge is 0.260 e. The maximum Gasteiger partial charge on any atom is 0.0584 e. The van der Waals surface area contributed by atoms with Gasteiger partial charge in [0.15, 0.2) is 0 Å². The zero-order chi connectivity index (χ0) is 7.11. The molecule has 0 aliphatic heterocycles. The van der Waals surface area contributed by atoms with Crippen LogP contribution in [0.5, 0.6) is 0 Å². The second-order valence-electron chi connectivity index (χ2n) is 1.60. The molecule has 52 valence electrons. The van der Waals surface area contributed by atoms with Gasteiger partial charge < -0.3 is 0 Å². The Morgan fingerprint density at radius 3 is 2.89 bits per heavy atom. The van der Waals surface area contributed by atoms with Crippen LogP contribution in [0.4, 0.5) is 0 Å². The maximum atomic E-state index is 10.4. The van der Waals surface area contributed by atoms with Crippen LogP contribution in [0.1, 0.15) is 6.42 Å². The van der Waals surface area contributed by atoms with Crippen molar-refractivity contribution < 1.29 is 4.21 Å². The first-order valence-corrected chi connectivity index (χ1v) is 4.74. The summed E-state index contributed by atoms with van der Waals surface area (Å²) in [4.78, 5) is 3.67. The van der Waals surface area contributed by atoms with Gasteiger partial charge in [0.05, 0.1) is 11.7 Å². The van der Waals surface area contributed by atoms with E-state index in [-0.39, 0.29) is 0 Å². The molecule has 0 N–H and O–H groups in total. The summed E-state index contributed by atoms with van der Waals surface area (Å²) >= 11 is 4.34. The average Bonchev–Trinajstić information content (AvgIpc) is 1.80. The quantitative estimate of drug-likeness (QED) is 0.349. The molecule has 1 atom stereocenters. The van der Waals surface area contributed by atoms with Crippen molar-refractivity contribution in [1.82, 2.24) is 0 Å². The summed E-state index contributed by atoms with van der Waals surface area (Å²) in [6.45, 7) is 0.656. The first-order valence-electron chi connectivity index (χ1n) is 2.61. The minimum absolute atomic E-state index is 0.656. The zero-order valence-electron chi connectivity index (χ0n) is 5.29. The van der Waals surface area contributed by atoms with E-state index in [0.29, 0.717) is 12.3 Å². The molecule has 0 radical (unpaired) electrons. The van der Waals surface area contributed by atoms with Crippen molar-refractivity contribution in [3.63, 3.8) is 0 Å². The zero-order valence-corrected chi connectivity index (χ0v) is 6.93. The van der Waals surface area contributed by atoms with Crippen LogP contribution in [0, 0.1) is 0 Å². The lowest BCUT2D eigenvalue weighted by molar-refractivity contribution is 0.684. The SMILES string of the molecule is C[S@@](=O)CCCN=C=S. The highest BCUT2D eigenvalue weighted by Gasteiger charge is 1.87. The van der Waals surface area contributed by atoms with E-state index >= 15 is 0 Å². The molecular weight excluding hydrogens is 154 g/mol. The van der Waals surface area contributed by atoms with E-state index in [0.717, 1.165) is 6.42 Å². The van der Waals surface area contributed by atoms with E-state index in [1.165, 1.54) is 0 Å². The van der Waals surface area contributed by atoms with E-state index in [4.69, 9.17) is 0 Å². The Morgan fingerprint density at radius 2 is 2.44 bits per heavy atom. The van der Waals surface area contributed by atoms with Gasteiger partial charge in [0.1, 0.15) is 0 Å². The molecule has 0 saturated carbocycles. The van der Waals surface area contributed by atoms with E-state index in [9.17, 15) is 4.21 Å². The molecule has 0 aromatic carbocycles. The highest BCUT2D eigenvalue weighted by atomic mass is 32.2. The van der Waals surface area contributed by atoms with E-state index in [1.807, 2.05) is 0 Å². The summed E-state index contributed by atoms with van der Waals surface area (Å²) in [5, 5.41) is 2.25. The number of nitrogens with zero attached hydrogens (tertiary/aromatic N) is 1. The molecular formula is C5H9NOS2. The normalized spacial score (nSPS) is 12.1. The lowest BCUT2D eigenvalue weighted by Crippen LogP contribution is -1.95. The summed E-state index contributed by atoms with van der Waals surface area (Å²) in [5.74, 6) is 0.709. The van der Waals surface area contributed by atoms with Crippen molar-refractivity contribution in [2.45, 2.75) is 6.42 Å². The van der Waals surface area contributed by atoms with E-state index in [1.54, 1.807) is 6.26 Å². The van der Waals surface area contributed by atoms with Gasteiger partial charge in [-0.2, -0.15) is 0 Å². The summed E-state index contributed by atoms with van der Waals surface area (Å²) in [5.41, 5.74) is 0. The number of aliphatic imine (C=N–C) groups is 1. The smallest absolute Gasteiger partial charge is 0.0584 e. The Bertz CT molecular complexity index is 138. The second-order valence-corrected chi connectivity index (χ2v) is 3.34. The van der Waals surface area contributed by atoms with Crippen LogP contribution >= 0.6 is 12.2 Å². The van der Waals surface area contributed by atoms with E-state index < -0.39 is 10.8 Å². The van der Waals surface area contributed by atoms with Crippen LogP contribution in [-0.2, 0) is 10.8 Å². The van der Waals surface area contributed by atoms with Crippen LogP contribution in [0.15, 0.2) is 4.99 Å². The van der Waals surface area contributed by atoms with E-state index in [2.05, 4.69) is 22.4 Å². The van der Waals surface area contributed by atoms with Crippen molar-refractivity contribution >= 4 is 28.2 Å². The summed E-state index contributed by atoms with van der Waals surface area (Å²) in [7, 11) is -0.691. The third-order valence-corrected chi connectivity index (χ3v) is 1.76. The molecule has 0 aromatic rings. The summed E-state index contributed by atoms with van der Waals surface area (Å²) < 4.78 is 10.4. The predicted molar refractivity (Wildman–Crippen MR) is 43.4 cm³/mol. The molecule has 0 saturated heterocycles. The van der Waals surface area contributed by atoms with Crippen LogP contribution in [0.3, 0.4) is 0 Å². The number of rotatable bonds is 4. The number of hydrogen-bond donors (Lipinski definition) is 0. The first-order chi connectivity index (χ1) is 4.27. The van der Waals surface area contributed by atoms with Gasteiger partial charge in [0.25, 0.3) is 0 Å². The Kier molecular flexibility index (Phi) is 6.04. The van der Waals surface area contributed by atoms with Gasteiger partial charge in [-0.15, -0.1) is 0 Å². The number of isothiocyanates is 1. The predicted octanol–water partition coefficient (Wildman–Crippen LogP) is 0.858. The van der Waals surface area contributed by atoms with Gasteiger partial charge in [-0.1, -0.05) is 0 Å². The Hall–Kier alpha value is -0.0500. The third kappa shape index (κ3) is 7.95. The average molecular weight is 163 g/mol. The molecule has 9 heavy (non-hydrogen) atoms. The Balaban J connectivity index is 3.10. The topological polar surface area (TPSA) is 29.4 Å². The van der Waals surface area contributed by atoms with Crippen molar-refractivity contribution in [3.05, 3.63) is 0 Å². The van der Waals surface area contributed by atoms with Gasteiger partial charge in [-0.05, 0) is 18.6 Å². The molecule has 0 fully saturated rings. The molecule has 0 rings (SSSR count). The molecule has 0 amide bonds. The fourth-order valence-electron chi connectivity index (χ4n) is 0.393. The first kappa shape index (κ1) is 8.95. The van der Waals surface area contributed by atoms with Crippen molar-refractivity contribution in [2.24, 2.45) is 4.99 Å². The van der Waals surface area contributed by atoms with Gasteiger partial charge in [0, 0.05) is 22.8 Å². The van der Waals surface area contributed by atoms with Crippen molar-refractivity contribution in [3.8, 4) is 0 Å². The van der Waals surface area contributed by atoms with Crippen LogP contribution in [0.2, 0.25) is 0 Å². The maximum absolute atomic E-state index is 10.4. The van der Waals surface area contributed by atoms with Crippen molar-refractivity contribution in [2.75, 3.05) is 18.6 Å². The summed E-state index contributed by atoms with van der Waals surface area (Å²) in [6.07, 6.45) is 2.52. The van der Waals surface area contributed by atoms with Gasteiger partial charge in [-0.3, -0.25) is 4.21 Å². The minimum Gasteiger partial charge on any atom is -0.260 e.